The molecule has 55 heavy (non-hydrogen) atoms. The number of pyridine rings is 1. The maximum atomic E-state index is 14.3. The first-order chi connectivity index (χ1) is 25.5. The highest BCUT2D eigenvalue weighted by Gasteiger charge is 2.70. The summed E-state index contributed by atoms with van der Waals surface area (Å²) in [5.74, 6) is -0.0624. The largest absolute Gasteiger partial charge is 0.481 e. The van der Waals surface area contributed by atoms with Gasteiger partial charge in [-0.3, -0.25) is 28.8 Å². The highest BCUT2D eigenvalue weighted by atomic mass is 35.5. The van der Waals surface area contributed by atoms with Gasteiger partial charge >= 0.3 is 11.9 Å². The van der Waals surface area contributed by atoms with Crippen LogP contribution in [0.15, 0.2) is 40.3 Å². The number of fused-ring (bicyclic) bond motifs is 7. The van der Waals surface area contributed by atoms with Crippen LogP contribution in [0.2, 0.25) is 5.02 Å². The fourth-order valence-electron chi connectivity index (χ4n) is 13.6. The van der Waals surface area contributed by atoms with Crippen molar-refractivity contribution in [3.05, 3.63) is 62.3 Å². The Kier molecular flexibility index (Phi) is 9.58. The number of nitrogens with zero attached hydrogens (tertiary/aromatic N) is 3. The zero-order valence-corrected chi connectivity index (χ0v) is 35.4. The fourth-order valence-corrected chi connectivity index (χ4v) is 13.7. The molecule has 0 radical (unpaired) electrons. The van der Waals surface area contributed by atoms with Crippen LogP contribution in [0.5, 0.6) is 0 Å². The highest BCUT2D eigenvalue weighted by molar-refractivity contribution is 6.30. The van der Waals surface area contributed by atoms with Crippen molar-refractivity contribution < 1.29 is 24.2 Å². The summed E-state index contributed by atoms with van der Waals surface area (Å²) in [4.78, 5) is 57.5. The third-order valence-electron chi connectivity index (χ3n) is 16.6. The number of aromatic nitrogens is 3. The van der Waals surface area contributed by atoms with Gasteiger partial charge < -0.3 is 9.84 Å². The SMILES string of the molecule is CC(C)C1=C2[C@H]3CCC4[C@@]5(C)CC[C@H](OC(=O)CC(C)(C)C(=O)O)C(C)(C)C5CC[C@@]4(C)[C@]3(C)CC[C@@]2(c2cc(=O)n(Cc3ccc(Cl)cn3)n2C)CC1=O. The summed E-state index contributed by atoms with van der Waals surface area (Å²) in [6.07, 6.45) is 9.32. The molecule has 9 nitrogen and oxygen atoms in total. The first-order valence-corrected chi connectivity index (χ1v) is 21.0. The molecule has 0 saturated heterocycles. The molecule has 1 N–H and O–H groups in total. The fraction of sp³-hybridized carbons (Fsp3) is 0.711. The summed E-state index contributed by atoms with van der Waals surface area (Å²) in [6, 6.07) is 5.44. The third kappa shape index (κ3) is 5.85. The van der Waals surface area contributed by atoms with Crippen molar-refractivity contribution in [2.75, 3.05) is 0 Å². The Labute approximate surface area is 331 Å². The van der Waals surface area contributed by atoms with E-state index in [1.165, 1.54) is 5.57 Å². The summed E-state index contributed by atoms with van der Waals surface area (Å²) < 4.78 is 9.93. The first-order valence-electron chi connectivity index (χ1n) is 20.6. The van der Waals surface area contributed by atoms with Crippen molar-refractivity contribution in [2.24, 2.45) is 57.8 Å². The molecule has 10 heteroatoms. The van der Waals surface area contributed by atoms with E-state index >= 15 is 0 Å². The van der Waals surface area contributed by atoms with Gasteiger partial charge in [-0.1, -0.05) is 60.1 Å². The third-order valence-corrected chi connectivity index (χ3v) is 16.8. The van der Waals surface area contributed by atoms with E-state index in [2.05, 4.69) is 53.5 Å². The quantitative estimate of drug-likeness (QED) is 0.266. The molecule has 0 aromatic carbocycles. The lowest BCUT2D eigenvalue weighted by atomic mass is 9.33. The van der Waals surface area contributed by atoms with Crippen LogP contribution in [0.25, 0.3) is 0 Å². The number of esters is 1. The summed E-state index contributed by atoms with van der Waals surface area (Å²) in [7, 11) is 1.97. The second kappa shape index (κ2) is 13.2. The molecule has 0 aliphatic heterocycles. The van der Waals surface area contributed by atoms with E-state index in [0.717, 1.165) is 68.3 Å². The molecule has 5 aliphatic carbocycles. The van der Waals surface area contributed by atoms with Gasteiger partial charge in [0.05, 0.1) is 34.8 Å². The number of carboxylic acid groups (broad SMARTS) is 1. The molecule has 2 aromatic heterocycles. The highest BCUT2D eigenvalue weighted by Crippen LogP contribution is 2.76. The van der Waals surface area contributed by atoms with Crippen molar-refractivity contribution in [1.82, 2.24) is 14.3 Å². The van der Waals surface area contributed by atoms with Crippen LogP contribution in [0, 0.1) is 50.7 Å². The zero-order valence-electron chi connectivity index (χ0n) is 34.7. The van der Waals surface area contributed by atoms with Gasteiger partial charge in [0.15, 0.2) is 5.78 Å². The molecule has 2 unspecified atom stereocenters. The van der Waals surface area contributed by atoms with Crippen molar-refractivity contribution in [3.8, 4) is 0 Å². The topological polar surface area (TPSA) is 120 Å². The van der Waals surface area contributed by atoms with E-state index in [1.807, 2.05) is 17.8 Å². The Balaban J connectivity index is 1.22. The van der Waals surface area contributed by atoms with Crippen LogP contribution in [-0.4, -0.2) is 43.3 Å². The predicted octanol–water partition coefficient (Wildman–Crippen LogP) is 8.93. The van der Waals surface area contributed by atoms with Gasteiger partial charge in [0, 0.05) is 36.6 Å². The zero-order chi connectivity index (χ0) is 40.3. The first kappa shape index (κ1) is 40.0. The molecule has 0 bridgehead atoms. The van der Waals surface area contributed by atoms with Gasteiger partial charge in [-0.25, -0.2) is 4.68 Å². The lowest BCUT2D eigenvalue weighted by Crippen LogP contribution is -2.66. The molecular weight excluding hydrogens is 714 g/mol. The van der Waals surface area contributed by atoms with E-state index in [-0.39, 0.29) is 57.4 Å². The number of carboxylic acids is 1. The van der Waals surface area contributed by atoms with Gasteiger partial charge in [-0.15, -0.1) is 0 Å². The number of hydrogen-bond donors (Lipinski definition) is 1. The average molecular weight is 776 g/mol. The van der Waals surface area contributed by atoms with Gasteiger partial charge in [0.1, 0.15) is 6.10 Å². The van der Waals surface area contributed by atoms with Gasteiger partial charge in [0.2, 0.25) is 0 Å². The monoisotopic (exact) mass is 775 g/mol. The Morgan fingerprint density at radius 1 is 0.982 bits per heavy atom. The summed E-state index contributed by atoms with van der Waals surface area (Å²) in [6.45, 7) is 19.9. The minimum Gasteiger partial charge on any atom is -0.481 e. The number of ketones is 1. The summed E-state index contributed by atoms with van der Waals surface area (Å²) in [5, 5.41) is 10.2. The Bertz CT molecular complexity index is 2010. The smallest absolute Gasteiger partial charge is 0.309 e. The van der Waals surface area contributed by atoms with Crippen molar-refractivity contribution >= 4 is 29.3 Å². The molecule has 4 saturated carbocycles. The number of Topliss-reactive ketones (excluding diaryl/α,β-unsaturated/α-hetero) is 1. The van der Waals surface area contributed by atoms with Crippen molar-refractivity contribution in [3.63, 3.8) is 0 Å². The Hall–Kier alpha value is -3.20. The maximum Gasteiger partial charge on any atom is 0.309 e. The second-order valence-electron chi connectivity index (χ2n) is 20.4. The maximum absolute atomic E-state index is 14.3. The van der Waals surface area contributed by atoms with Crippen LogP contribution in [0.3, 0.4) is 0 Å². The number of halogens is 1. The van der Waals surface area contributed by atoms with E-state index in [1.54, 1.807) is 36.9 Å². The van der Waals surface area contributed by atoms with Gasteiger partial charge in [0.25, 0.3) is 5.56 Å². The predicted molar refractivity (Wildman–Crippen MR) is 213 cm³/mol. The molecule has 5 aliphatic rings. The Morgan fingerprint density at radius 3 is 2.33 bits per heavy atom. The molecular formula is C45H62ClN3O6. The number of carbonyl (C=O) groups is 3. The number of ether oxygens (including phenoxy) is 1. The average Bonchev–Trinajstić information content (AvgIpc) is 3.55. The molecule has 8 atom stereocenters. The minimum atomic E-state index is -1.18. The number of rotatable bonds is 8. The second-order valence-corrected chi connectivity index (χ2v) is 20.8. The Morgan fingerprint density at radius 2 is 1.69 bits per heavy atom. The van der Waals surface area contributed by atoms with Gasteiger partial charge in [-0.05, 0) is 128 Å². The molecule has 7 rings (SSSR count). The van der Waals surface area contributed by atoms with Gasteiger partial charge in [-0.2, -0.15) is 0 Å². The normalized spacial score (nSPS) is 35.5. The van der Waals surface area contributed by atoms with Crippen LogP contribution in [-0.2, 0) is 38.1 Å². The van der Waals surface area contributed by atoms with Crippen LogP contribution in [0.4, 0.5) is 0 Å². The van der Waals surface area contributed by atoms with E-state index in [0.29, 0.717) is 29.8 Å². The van der Waals surface area contributed by atoms with Crippen molar-refractivity contribution in [1.29, 1.82) is 0 Å². The minimum absolute atomic E-state index is 0.0250. The number of carbonyl (C=O) groups excluding carboxylic acids is 2. The molecule has 2 heterocycles. The molecule has 0 amide bonds. The molecule has 0 spiro atoms. The van der Waals surface area contributed by atoms with Crippen molar-refractivity contribution in [2.45, 2.75) is 145 Å². The number of aliphatic carboxylic acids is 1. The molecule has 2 aromatic rings. The lowest BCUT2D eigenvalue weighted by Gasteiger charge is -2.72. The standard InChI is InChI=1S/C45H62ClN3O6/c1-26(2)37-30(50)22-45(33-21-35(51)49(48(33)10)25-28-12-11-27(46)24-47-28)20-19-43(8)29(38(37)45)13-14-32-42(7)17-16-34(55-36(52)23-40(3,4)39(53)54)41(5,6)31(42)15-18-44(32,43)9/h11-12,21,24,26,29,31-32,34H,13-20,22-23,25H2,1-10H3,(H,53,54)/t29-,31?,32?,34+,42+,43-,44-,45+/m1/s1. The number of allylic oxidation sites excluding steroid dienone is 2. The van der Waals surface area contributed by atoms with E-state index in [9.17, 15) is 24.3 Å². The van der Waals surface area contributed by atoms with Crippen LogP contribution in [0.1, 0.15) is 138 Å². The lowest BCUT2D eigenvalue weighted by molar-refractivity contribution is -0.232. The van der Waals surface area contributed by atoms with Crippen LogP contribution >= 0.6 is 11.6 Å². The van der Waals surface area contributed by atoms with Crippen LogP contribution < -0.4 is 5.56 Å². The van der Waals surface area contributed by atoms with E-state index < -0.39 is 22.8 Å². The summed E-state index contributed by atoms with van der Waals surface area (Å²) >= 11 is 6.11. The number of hydrogen-bond acceptors (Lipinski definition) is 6. The summed E-state index contributed by atoms with van der Waals surface area (Å²) in [5.41, 5.74) is 1.98. The molecule has 300 valence electrons. The van der Waals surface area contributed by atoms with E-state index in [4.69, 9.17) is 16.3 Å². The molecule has 4 fully saturated rings.